The molecule has 4 N–H and O–H groups in total. The maximum Gasteiger partial charge on any atom is 0.405 e. The molecular weight excluding hydrogens is 678 g/mol. The topological polar surface area (TPSA) is 193 Å². The Morgan fingerprint density at radius 1 is 1.16 bits per heavy atom. The van der Waals surface area contributed by atoms with Crippen LogP contribution in [0.25, 0.3) is 10.8 Å². The van der Waals surface area contributed by atoms with E-state index in [9.17, 15) is 32.7 Å². The first-order chi connectivity index (χ1) is 24.2. The molecule has 1 aromatic carbocycles. The van der Waals surface area contributed by atoms with Crippen LogP contribution in [0.3, 0.4) is 0 Å². The van der Waals surface area contributed by atoms with Crippen LogP contribution in [0.15, 0.2) is 42.6 Å². The summed E-state index contributed by atoms with van der Waals surface area (Å²) < 4.78 is 39.4. The lowest BCUT2D eigenvalue weighted by molar-refractivity contribution is -0.142. The molecule has 7 atom stereocenters. The van der Waals surface area contributed by atoms with Crippen molar-refractivity contribution in [2.24, 2.45) is 17.8 Å². The predicted molar refractivity (Wildman–Crippen MR) is 187 cm³/mol. The lowest BCUT2D eigenvalue weighted by atomic mass is 9.88. The normalized spacial score (nSPS) is 31.2. The number of ether oxygens (including phenoxy) is 2. The third-order valence-electron chi connectivity index (χ3n) is 10.8. The van der Waals surface area contributed by atoms with Crippen LogP contribution in [0.5, 0.6) is 11.6 Å². The molecule has 15 heteroatoms. The van der Waals surface area contributed by atoms with E-state index in [4.69, 9.17) is 9.47 Å². The first-order valence-electron chi connectivity index (χ1n) is 17.7. The number of carbonyl (C=O) groups is 4. The Morgan fingerprint density at radius 3 is 2.63 bits per heavy atom. The summed E-state index contributed by atoms with van der Waals surface area (Å²) in [7, 11) is -3.99. The molecule has 4 aliphatic rings. The van der Waals surface area contributed by atoms with Crippen molar-refractivity contribution in [2.75, 3.05) is 13.2 Å². The third kappa shape index (κ3) is 7.49. The van der Waals surface area contributed by atoms with Gasteiger partial charge in [-0.25, -0.2) is 18.2 Å². The molecule has 3 fully saturated rings. The van der Waals surface area contributed by atoms with E-state index in [2.05, 4.69) is 20.3 Å². The largest absolute Gasteiger partial charge is 0.494 e. The van der Waals surface area contributed by atoms with Crippen molar-refractivity contribution >= 4 is 44.6 Å². The highest BCUT2D eigenvalue weighted by molar-refractivity contribution is 7.91. The number of hydrogen-bond donors (Lipinski definition) is 4. The number of benzene rings is 1. The average molecular weight is 726 g/mol. The number of allylic oxidation sites excluding steroid dienone is 1. The van der Waals surface area contributed by atoms with Crippen LogP contribution in [0.4, 0.5) is 4.79 Å². The number of carboxylic acid groups (broad SMARTS) is 1. The Hall–Kier alpha value is -4.40. The number of pyridine rings is 1. The van der Waals surface area contributed by atoms with Crippen molar-refractivity contribution in [2.45, 2.75) is 101 Å². The number of nitrogens with one attached hydrogen (secondary N) is 3. The summed E-state index contributed by atoms with van der Waals surface area (Å²) in [6.07, 6.45) is 6.30. The monoisotopic (exact) mass is 725 g/mol. The smallest absolute Gasteiger partial charge is 0.405 e. The number of amides is 4. The summed E-state index contributed by atoms with van der Waals surface area (Å²) in [4.78, 5) is 60.1. The molecule has 2 saturated carbocycles. The maximum absolute atomic E-state index is 14.3. The summed E-state index contributed by atoms with van der Waals surface area (Å²) in [6.45, 7) is 7.76. The Bertz CT molecular complexity index is 1850. The molecule has 51 heavy (non-hydrogen) atoms. The summed E-state index contributed by atoms with van der Waals surface area (Å²) in [5.41, 5.74) is -1.53. The molecule has 14 nitrogen and oxygen atoms in total. The number of carbonyl (C=O) groups excluding carboxylic acids is 3. The fourth-order valence-corrected chi connectivity index (χ4v) is 8.68. The van der Waals surface area contributed by atoms with Gasteiger partial charge < -0.3 is 30.1 Å². The van der Waals surface area contributed by atoms with E-state index in [1.807, 2.05) is 51.1 Å². The molecule has 276 valence electrons. The molecule has 2 aromatic rings. The van der Waals surface area contributed by atoms with Crippen LogP contribution in [0.1, 0.15) is 72.6 Å². The van der Waals surface area contributed by atoms with Crippen LogP contribution in [0.2, 0.25) is 0 Å². The number of rotatable bonds is 8. The molecule has 1 saturated heterocycles. The van der Waals surface area contributed by atoms with Gasteiger partial charge in [-0.3, -0.25) is 19.1 Å². The molecular formula is C36H47N5O9S. The quantitative estimate of drug-likeness (QED) is 0.293. The molecule has 6 rings (SSSR count). The molecule has 1 aromatic heterocycles. The first kappa shape index (κ1) is 36.4. The van der Waals surface area contributed by atoms with E-state index in [1.165, 1.54) is 4.90 Å². The standard InChI is InChI=1S/C36H47N5O9S/c1-5-49-25-10-11-27-23(17-25)12-15-37-31(27)50-26-18-28-30(42)39-36(33(44)40-51(47,48)35(4)13-14-35)19-24(36)9-7-6-8-21(2)16-22(3)29(38-34(45)46)32(43)41(28)20-26/h7,9-12,15,17,21-22,24,26,28-29,38H,5-6,8,13-14,16,18-20H2,1-4H3,(H,39,42)(H,40,44)(H,45,46)/b9-7-/t21-,22-,24-,26-,28+,29+,36-/m1/s1. The number of fused-ring (bicyclic) bond motifs is 3. The van der Waals surface area contributed by atoms with E-state index in [0.29, 0.717) is 49.3 Å². The highest BCUT2D eigenvalue weighted by Gasteiger charge is 2.63. The van der Waals surface area contributed by atoms with Crippen molar-refractivity contribution in [1.82, 2.24) is 25.2 Å². The second-order valence-electron chi connectivity index (χ2n) is 14.8. The van der Waals surface area contributed by atoms with Crippen molar-refractivity contribution in [3.05, 3.63) is 42.6 Å². The minimum atomic E-state index is -3.99. The Kier molecular flexibility index (Phi) is 9.96. The molecule has 0 radical (unpaired) electrons. The number of aromatic nitrogens is 1. The number of sulfonamides is 1. The lowest BCUT2D eigenvalue weighted by Crippen LogP contribution is -2.59. The van der Waals surface area contributed by atoms with Gasteiger partial charge in [0, 0.05) is 23.9 Å². The van der Waals surface area contributed by atoms with Crippen LogP contribution >= 0.6 is 0 Å². The van der Waals surface area contributed by atoms with Gasteiger partial charge in [0.2, 0.25) is 27.7 Å². The lowest BCUT2D eigenvalue weighted by Gasteiger charge is -2.32. The average Bonchev–Trinajstić information content (AvgIpc) is 3.95. The Balaban J connectivity index is 1.33. The van der Waals surface area contributed by atoms with Crippen molar-refractivity contribution in [3.63, 3.8) is 0 Å². The summed E-state index contributed by atoms with van der Waals surface area (Å²) in [6, 6.07) is 5.01. The fourth-order valence-electron chi connectivity index (χ4n) is 7.37. The zero-order valence-corrected chi connectivity index (χ0v) is 30.2. The van der Waals surface area contributed by atoms with E-state index >= 15 is 0 Å². The molecule has 2 aliphatic carbocycles. The SMILES string of the molecule is CCOc1ccc2c(O[C@@H]3C[C@H]4C(=O)N[C@]5(C(=O)NS(=O)(=O)C6(C)CC6)C[C@H]5/C=C\CC[C@@H](C)C[C@@H](C)[C@H](NC(=O)O)C(=O)N4C3)nccc2c1. The van der Waals surface area contributed by atoms with E-state index in [-0.39, 0.29) is 25.3 Å². The second kappa shape index (κ2) is 14.0. The number of hydrogen-bond acceptors (Lipinski definition) is 9. The van der Waals surface area contributed by atoms with Crippen molar-refractivity contribution in [1.29, 1.82) is 0 Å². The van der Waals surface area contributed by atoms with Gasteiger partial charge in [-0.1, -0.05) is 26.0 Å². The van der Waals surface area contributed by atoms with Gasteiger partial charge in [-0.2, -0.15) is 0 Å². The van der Waals surface area contributed by atoms with Gasteiger partial charge >= 0.3 is 6.09 Å². The molecule has 0 spiro atoms. The van der Waals surface area contributed by atoms with Gasteiger partial charge in [-0.05, 0) is 93.9 Å². The fraction of sp³-hybridized carbons (Fsp3) is 0.583. The highest BCUT2D eigenvalue weighted by Crippen LogP contribution is 2.47. The summed E-state index contributed by atoms with van der Waals surface area (Å²) >= 11 is 0. The van der Waals surface area contributed by atoms with Crippen LogP contribution in [0, 0.1) is 17.8 Å². The molecule has 0 bridgehead atoms. The molecule has 0 unspecified atom stereocenters. The third-order valence-corrected chi connectivity index (χ3v) is 13.0. The van der Waals surface area contributed by atoms with Gasteiger partial charge in [-0.15, -0.1) is 0 Å². The van der Waals surface area contributed by atoms with E-state index in [1.54, 1.807) is 19.2 Å². The van der Waals surface area contributed by atoms with E-state index < -0.39 is 74.1 Å². The molecule has 4 amide bonds. The van der Waals surface area contributed by atoms with Crippen LogP contribution in [-0.4, -0.2) is 88.8 Å². The van der Waals surface area contributed by atoms with Crippen LogP contribution < -0.4 is 24.8 Å². The summed E-state index contributed by atoms with van der Waals surface area (Å²) in [5.74, 6) is -1.81. The minimum absolute atomic E-state index is 0.0197. The maximum atomic E-state index is 14.3. The van der Waals surface area contributed by atoms with E-state index in [0.717, 1.165) is 11.8 Å². The Morgan fingerprint density at radius 2 is 1.92 bits per heavy atom. The summed E-state index contributed by atoms with van der Waals surface area (Å²) in [5, 5.41) is 16.5. The second-order valence-corrected chi connectivity index (χ2v) is 17.0. The minimum Gasteiger partial charge on any atom is -0.494 e. The molecule has 2 aliphatic heterocycles. The van der Waals surface area contributed by atoms with Gasteiger partial charge in [0.05, 0.1) is 17.9 Å². The predicted octanol–water partition coefficient (Wildman–Crippen LogP) is 3.50. The first-order valence-corrected chi connectivity index (χ1v) is 19.2. The van der Waals surface area contributed by atoms with Gasteiger partial charge in [0.1, 0.15) is 29.5 Å². The Labute approximate surface area is 297 Å². The van der Waals surface area contributed by atoms with Gasteiger partial charge in [0.15, 0.2) is 0 Å². The molecule has 3 heterocycles. The zero-order valence-electron chi connectivity index (χ0n) is 29.4. The zero-order chi connectivity index (χ0) is 36.7. The van der Waals surface area contributed by atoms with Crippen LogP contribution in [-0.2, 0) is 24.4 Å². The highest BCUT2D eigenvalue weighted by atomic mass is 32.2. The number of nitrogens with zero attached hydrogens (tertiary/aromatic N) is 2. The van der Waals surface area contributed by atoms with Gasteiger partial charge in [0.25, 0.3) is 5.91 Å². The van der Waals surface area contributed by atoms with Crippen molar-refractivity contribution < 1.29 is 42.2 Å². The van der Waals surface area contributed by atoms with Crippen molar-refractivity contribution in [3.8, 4) is 11.6 Å².